The Labute approximate surface area is 133 Å². The van der Waals surface area contributed by atoms with Gasteiger partial charge in [-0.2, -0.15) is 0 Å². The van der Waals surface area contributed by atoms with Gasteiger partial charge in [0.05, 0.1) is 0 Å². The molecule has 0 aliphatic carbocycles. The van der Waals surface area contributed by atoms with Crippen molar-refractivity contribution in [3.8, 4) is 0 Å². The van der Waals surface area contributed by atoms with Crippen molar-refractivity contribution in [1.82, 2.24) is 0 Å². The summed E-state index contributed by atoms with van der Waals surface area (Å²) >= 11 is -0.196. The molecule has 1 heteroatoms. The summed E-state index contributed by atoms with van der Waals surface area (Å²) in [5, 5.41) is 0. The zero-order valence-corrected chi connectivity index (χ0v) is 16.6. The molecule has 0 heterocycles. The molecule has 0 bridgehead atoms. The SMILES string of the molecule is C=[CH][Sn][CH2]CCC(CCCC)(CCCC)CCCC. The topological polar surface area (TPSA) is 0 Å². The van der Waals surface area contributed by atoms with Crippen molar-refractivity contribution in [3.05, 3.63) is 10.7 Å². The van der Waals surface area contributed by atoms with Crippen molar-refractivity contribution in [1.29, 1.82) is 0 Å². The van der Waals surface area contributed by atoms with E-state index >= 15 is 0 Å². The van der Waals surface area contributed by atoms with Gasteiger partial charge in [0.1, 0.15) is 0 Å². The summed E-state index contributed by atoms with van der Waals surface area (Å²) in [4.78, 5) is 0. The van der Waals surface area contributed by atoms with Crippen LogP contribution in [0.1, 0.15) is 91.4 Å². The maximum absolute atomic E-state index is 3.92. The monoisotopic (exact) mass is 372 g/mol. The third-order valence-electron chi connectivity index (χ3n) is 4.35. The summed E-state index contributed by atoms with van der Waals surface area (Å²) in [6, 6.07) is 0. The van der Waals surface area contributed by atoms with E-state index in [1.807, 2.05) is 0 Å². The summed E-state index contributed by atoms with van der Waals surface area (Å²) < 4.78 is 3.76. The van der Waals surface area contributed by atoms with Crippen LogP contribution in [0, 0.1) is 5.41 Å². The fourth-order valence-corrected chi connectivity index (χ4v) is 4.74. The van der Waals surface area contributed by atoms with Crippen LogP contribution in [0.5, 0.6) is 0 Å². The molecule has 2 radical (unpaired) electrons. The fourth-order valence-electron chi connectivity index (χ4n) is 3.07. The first-order valence-electron chi connectivity index (χ1n) is 8.59. The summed E-state index contributed by atoms with van der Waals surface area (Å²) in [5.41, 5.74) is 0.697. The van der Waals surface area contributed by atoms with Gasteiger partial charge in [0.15, 0.2) is 0 Å². The Hall–Kier alpha value is 0.539. The maximum atomic E-state index is 3.92. The van der Waals surface area contributed by atoms with Crippen LogP contribution in [0.3, 0.4) is 0 Å². The van der Waals surface area contributed by atoms with Gasteiger partial charge in [-0.05, 0) is 0 Å². The van der Waals surface area contributed by atoms with Crippen molar-refractivity contribution in [2.45, 2.75) is 95.8 Å². The van der Waals surface area contributed by atoms with Gasteiger partial charge >= 0.3 is 133 Å². The van der Waals surface area contributed by atoms with E-state index in [-0.39, 0.29) is 21.1 Å². The summed E-state index contributed by atoms with van der Waals surface area (Å²) in [5.74, 6) is 0. The van der Waals surface area contributed by atoms with Crippen LogP contribution in [0.25, 0.3) is 0 Å². The van der Waals surface area contributed by atoms with Crippen LogP contribution < -0.4 is 0 Å². The molecule has 0 unspecified atom stereocenters. The van der Waals surface area contributed by atoms with Gasteiger partial charge in [0, 0.05) is 0 Å². The first kappa shape index (κ1) is 19.5. The van der Waals surface area contributed by atoms with Gasteiger partial charge in [-0.25, -0.2) is 0 Å². The van der Waals surface area contributed by atoms with E-state index in [1.54, 1.807) is 0 Å². The van der Waals surface area contributed by atoms with Crippen molar-refractivity contribution in [3.63, 3.8) is 0 Å². The molecule has 0 aromatic rings. The molecule has 0 saturated carbocycles. The van der Waals surface area contributed by atoms with Crippen LogP contribution in [-0.2, 0) is 0 Å². The Morgan fingerprint density at radius 3 is 1.58 bits per heavy atom. The van der Waals surface area contributed by atoms with Gasteiger partial charge in [0.2, 0.25) is 0 Å². The Morgan fingerprint density at radius 1 is 0.789 bits per heavy atom. The normalized spacial score (nSPS) is 11.7. The zero-order valence-electron chi connectivity index (χ0n) is 13.8. The predicted molar refractivity (Wildman–Crippen MR) is 91.0 cm³/mol. The van der Waals surface area contributed by atoms with E-state index in [1.165, 1.54) is 75.1 Å². The average Bonchev–Trinajstić information content (AvgIpc) is 2.44. The van der Waals surface area contributed by atoms with E-state index < -0.39 is 0 Å². The molecule has 0 atom stereocenters. The van der Waals surface area contributed by atoms with Crippen LogP contribution in [0.15, 0.2) is 10.7 Å². The molecule has 0 N–H and O–H groups in total. The van der Waals surface area contributed by atoms with Crippen molar-refractivity contribution >= 4 is 21.1 Å². The summed E-state index contributed by atoms with van der Waals surface area (Å²) in [6.45, 7) is 11.0. The van der Waals surface area contributed by atoms with Gasteiger partial charge < -0.3 is 0 Å². The molecule has 112 valence electrons. The van der Waals surface area contributed by atoms with E-state index in [9.17, 15) is 0 Å². The molecule has 0 nitrogen and oxygen atoms in total. The fraction of sp³-hybridized carbons (Fsp3) is 0.889. The second kappa shape index (κ2) is 13.5. The van der Waals surface area contributed by atoms with Crippen LogP contribution in [0.4, 0.5) is 0 Å². The average molecular weight is 371 g/mol. The van der Waals surface area contributed by atoms with Crippen LogP contribution in [-0.4, -0.2) is 21.1 Å². The molecule has 0 fully saturated rings. The minimum atomic E-state index is -0.196. The molecular formula is C18H36Sn. The summed E-state index contributed by atoms with van der Waals surface area (Å²) in [7, 11) is 0. The van der Waals surface area contributed by atoms with Gasteiger partial charge in [-0.15, -0.1) is 0 Å². The number of hydrogen-bond donors (Lipinski definition) is 0. The van der Waals surface area contributed by atoms with Crippen molar-refractivity contribution < 1.29 is 0 Å². The van der Waals surface area contributed by atoms with E-state index in [0.717, 1.165) is 0 Å². The standard InChI is InChI=1S/C16H33.C2H3.Sn/c1-5-9-13-16(12-8-4,14-10-6-2)15-11-7-3;1-2;/h4-15H2,1-3H3;1H,2H2;. The molecule has 0 amide bonds. The second-order valence-electron chi connectivity index (χ2n) is 6.07. The molecule has 0 spiro atoms. The molecule has 0 aliphatic rings. The summed E-state index contributed by atoms with van der Waals surface area (Å²) in [6.07, 6.45) is 15.9. The predicted octanol–water partition coefficient (Wildman–Crippen LogP) is 6.59. The Balaban J connectivity index is 4.42. The molecule has 0 aliphatic heterocycles. The van der Waals surface area contributed by atoms with E-state index in [0.29, 0.717) is 5.41 Å². The number of unbranched alkanes of at least 4 members (excludes halogenated alkanes) is 3. The van der Waals surface area contributed by atoms with Crippen LogP contribution >= 0.6 is 0 Å². The molecule has 0 aromatic carbocycles. The minimum absolute atomic E-state index is 0.196. The molecule has 0 aromatic heterocycles. The van der Waals surface area contributed by atoms with Crippen LogP contribution in [0.2, 0.25) is 4.44 Å². The first-order valence-corrected chi connectivity index (χ1v) is 12.3. The molecule has 0 saturated heterocycles. The van der Waals surface area contributed by atoms with Gasteiger partial charge in [-0.3, -0.25) is 0 Å². The van der Waals surface area contributed by atoms with Crippen molar-refractivity contribution in [2.24, 2.45) is 5.41 Å². The van der Waals surface area contributed by atoms with Crippen molar-refractivity contribution in [2.75, 3.05) is 0 Å². The molecular weight excluding hydrogens is 335 g/mol. The zero-order chi connectivity index (χ0) is 14.4. The van der Waals surface area contributed by atoms with Gasteiger partial charge in [0.25, 0.3) is 0 Å². The Bertz CT molecular complexity index is 176. The third kappa shape index (κ3) is 9.98. The number of rotatable bonds is 14. The quantitative estimate of drug-likeness (QED) is 0.239. The third-order valence-corrected chi connectivity index (χ3v) is 7.01. The second-order valence-corrected chi connectivity index (χ2v) is 9.83. The number of hydrogen-bond acceptors (Lipinski definition) is 0. The Kier molecular flexibility index (Phi) is 13.9. The first-order chi connectivity index (χ1) is 9.24. The molecule has 19 heavy (non-hydrogen) atoms. The Morgan fingerprint density at radius 2 is 1.21 bits per heavy atom. The van der Waals surface area contributed by atoms with E-state index in [2.05, 4.69) is 31.4 Å². The van der Waals surface area contributed by atoms with Gasteiger partial charge in [-0.1, -0.05) is 0 Å². The molecule has 0 rings (SSSR count). The van der Waals surface area contributed by atoms with E-state index in [4.69, 9.17) is 0 Å².